The molecule has 0 fully saturated rings. The van der Waals surface area contributed by atoms with E-state index >= 15 is 0 Å². The van der Waals surface area contributed by atoms with Crippen molar-refractivity contribution in [3.05, 3.63) is 58.1 Å². The maximum atomic E-state index is 6.07. The molecule has 1 aromatic heterocycles. The molecular formula is C25H29NO3S. The van der Waals surface area contributed by atoms with Crippen LogP contribution in [0.3, 0.4) is 0 Å². The lowest BCUT2D eigenvalue weighted by Gasteiger charge is -2.10. The number of thiazole rings is 1. The van der Waals surface area contributed by atoms with Crippen LogP contribution in [0.2, 0.25) is 0 Å². The van der Waals surface area contributed by atoms with Crippen molar-refractivity contribution in [2.24, 2.45) is 0 Å². The summed E-state index contributed by atoms with van der Waals surface area (Å²) in [5.41, 5.74) is 5.11. The summed E-state index contributed by atoms with van der Waals surface area (Å²) in [5, 5.41) is 0.992. The van der Waals surface area contributed by atoms with Gasteiger partial charge in [-0.05, 0) is 73.6 Å². The highest BCUT2D eigenvalue weighted by Crippen LogP contribution is 2.37. The van der Waals surface area contributed by atoms with Crippen LogP contribution in [-0.2, 0) is 12.8 Å². The van der Waals surface area contributed by atoms with E-state index < -0.39 is 0 Å². The first kappa shape index (κ1) is 20.7. The Morgan fingerprint density at radius 3 is 2.67 bits per heavy atom. The van der Waals surface area contributed by atoms with Gasteiger partial charge >= 0.3 is 0 Å². The molecule has 3 aromatic rings. The minimum atomic E-state index is 0.631. The fourth-order valence-corrected chi connectivity index (χ4v) is 5.17. The van der Waals surface area contributed by atoms with Crippen molar-refractivity contribution < 1.29 is 14.2 Å². The standard InChI is InChI=1S/C25H29NO3S/c1-5-17-6-7-18-14-20(9-10-21(17)18)29-13-12-22-16(2)30-25(26-22)19-8-11-23(27-3)24(15-19)28-4/h8-11,14-15,17H,5-7,12-13H2,1-4H3/t17-/m1/s1. The predicted molar refractivity (Wildman–Crippen MR) is 122 cm³/mol. The molecule has 30 heavy (non-hydrogen) atoms. The number of methoxy groups -OCH3 is 2. The molecule has 0 spiro atoms. The highest BCUT2D eigenvalue weighted by molar-refractivity contribution is 7.15. The van der Waals surface area contributed by atoms with Crippen LogP contribution in [0, 0.1) is 6.92 Å². The summed E-state index contributed by atoms with van der Waals surface area (Å²) >= 11 is 1.70. The Balaban J connectivity index is 1.41. The van der Waals surface area contributed by atoms with E-state index in [4.69, 9.17) is 19.2 Å². The summed E-state index contributed by atoms with van der Waals surface area (Å²) in [6.45, 7) is 5.03. The normalized spacial score (nSPS) is 15.1. The SMILES string of the molecule is CC[C@@H]1CCc2cc(OCCc3nc(-c4ccc(OC)c(OC)c4)sc3C)ccc21. The first-order valence-electron chi connectivity index (χ1n) is 10.6. The Bertz CT molecular complexity index is 1030. The Morgan fingerprint density at radius 2 is 1.90 bits per heavy atom. The number of aromatic nitrogens is 1. The molecule has 1 heterocycles. The fraction of sp³-hybridized carbons (Fsp3) is 0.400. The van der Waals surface area contributed by atoms with Crippen LogP contribution >= 0.6 is 11.3 Å². The van der Waals surface area contributed by atoms with E-state index in [9.17, 15) is 0 Å². The zero-order valence-corrected chi connectivity index (χ0v) is 19.0. The number of hydrogen-bond acceptors (Lipinski definition) is 5. The molecule has 2 aromatic carbocycles. The molecule has 0 unspecified atom stereocenters. The molecule has 4 rings (SSSR count). The van der Waals surface area contributed by atoms with Crippen molar-refractivity contribution >= 4 is 11.3 Å². The summed E-state index contributed by atoms with van der Waals surface area (Å²) in [6, 6.07) is 12.5. The van der Waals surface area contributed by atoms with E-state index in [-0.39, 0.29) is 0 Å². The maximum Gasteiger partial charge on any atom is 0.161 e. The minimum Gasteiger partial charge on any atom is -0.493 e. The Morgan fingerprint density at radius 1 is 1.07 bits per heavy atom. The summed E-state index contributed by atoms with van der Waals surface area (Å²) in [5.74, 6) is 3.14. The second-order valence-electron chi connectivity index (χ2n) is 7.69. The lowest BCUT2D eigenvalue weighted by molar-refractivity contribution is 0.320. The van der Waals surface area contributed by atoms with Crippen LogP contribution in [0.1, 0.15) is 47.4 Å². The van der Waals surface area contributed by atoms with Crippen molar-refractivity contribution in [3.8, 4) is 27.8 Å². The van der Waals surface area contributed by atoms with E-state index in [1.54, 1.807) is 25.6 Å². The van der Waals surface area contributed by atoms with Gasteiger partial charge < -0.3 is 14.2 Å². The molecular weight excluding hydrogens is 394 g/mol. The monoisotopic (exact) mass is 423 g/mol. The van der Waals surface area contributed by atoms with Crippen LogP contribution in [0.4, 0.5) is 0 Å². The molecule has 4 nitrogen and oxygen atoms in total. The zero-order valence-electron chi connectivity index (χ0n) is 18.2. The van der Waals surface area contributed by atoms with Crippen molar-refractivity contribution in [2.45, 2.75) is 45.4 Å². The van der Waals surface area contributed by atoms with Gasteiger partial charge in [0.2, 0.25) is 0 Å². The molecule has 1 aliphatic carbocycles. The summed E-state index contributed by atoms with van der Waals surface area (Å²) < 4.78 is 16.8. The molecule has 5 heteroatoms. The minimum absolute atomic E-state index is 0.631. The lowest BCUT2D eigenvalue weighted by Crippen LogP contribution is -2.03. The molecule has 0 amide bonds. The van der Waals surface area contributed by atoms with Gasteiger partial charge in [-0.3, -0.25) is 0 Å². The van der Waals surface area contributed by atoms with Gasteiger partial charge in [-0.25, -0.2) is 4.98 Å². The molecule has 0 radical (unpaired) electrons. The van der Waals surface area contributed by atoms with Crippen molar-refractivity contribution in [3.63, 3.8) is 0 Å². The number of ether oxygens (including phenoxy) is 3. The molecule has 1 atom stereocenters. The average Bonchev–Trinajstić information content (AvgIpc) is 3.36. The van der Waals surface area contributed by atoms with E-state index in [0.29, 0.717) is 6.61 Å². The zero-order chi connectivity index (χ0) is 21.1. The summed E-state index contributed by atoms with van der Waals surface area (Å²) in [4.78, 5) is 6.09. The molecule has 0 saturated heterocycles. The fourth-order valence-electron chi connectivity index (χ4n) is 4.21. The molecule has 158 valence electrons. The number of nitrogens with zero attached hydrogens (tertiary/aromatic N) is 1. The predicted octanol–water partition coefficient (Wildman–Crippen LogP) is 6.20. The number of aryl methyl sites for hydroxylation is 2. The Labute approximate surface area is 182 Å². The number of rotatable bonds is 8. The number of fused-ring (bicyclic) bond motifs is 1. The maximum absolute atomic E-state index is 6.07. The second kappa shape index (κ2) is 9.09. The van der Waals surface area contributed by atoms with Crippen molar-refractivity contribution in [1.29, 1.82) is 0 Å². The highest BCUT2D eigenvalue weighted by Gasteiger charge is 2.21. The van der Waals surface area contributed by atoms with Crippen LogP contribution in [0.15, 0.2) is 36.4 Å². The summed E-state index contributed by atoms with van der Waals surface area (Å²) in [7, 11) is 3.30. The van der Waals surface area contributed by atoms with E-state index in [0.717, 1.165) is 45.9 Å². The first-order chi connectivity index (χ1) is 14.6. The van der Waals surface area contributed by atoms with Gasteiger partial charge in [-0.2, -0.15) is 0 Å². The third kappa shape index (κ3) is 4.17. The molecule has 0 bridgehead atoms. The second-order valence-corrected chi connectivity index (χ2v) is 8.90. The van der Waals surface area contributed by atoms with Gasteiger partial charge in [0.25, 0.3) is 0 Å². The number of hydrogen-bond donors (Lipinski definition) is 0. The topological polar surface area (TPSA) is 40.6 Å². The molecule has 0 aliphatic heterocycles. The quantitative estimate of drug-likeness (QED) is 0.433. The number of benzene rings is 2. The van der Waals surface area contributed by atoms with Gasteiger partial charge in [0.15, 0.2) is 11.5 Å². The van der Waals surface area contributed by atoms with E-state index in [1.165, 1.54) is 35.3 Å². The third-order valence-corrected chi connectivity index (χ3v) is 7.00. The Hall–Kier alpha value is -2.53. The average molecular weight is 424 g/mol. The van der Waals surface area contributed by atoms with Gasteiger partial charge in [-0.15, -0.1) is 11.3 Å². The van der Waals surface area contributed by atoms with Crippen LogP contribution in [-0.4, -0.2) is 25.8 Å². The first-order valence-corrected chi connectivity index (χ1v) is 11.4. The van der Waals surface area contributed by atoms with E-state index in [2.05, 4.69) is 32.0 Å². The van der Waals surface area contributed by atoms with Crippen LogP contribution in [0.5, 0.6) is 17.2 Å². The molecule has 0 saturated carbocycles. The molecule has 0 N–H and O–H groups in total. The van der Waals surface area contributed by atoms with Crippen LogP contribution in [0.25, 0.3) is 10.6 Å². The highest BCUT2D eigenvalue weighted by atomic mass is 32.1. The van der Waals surface area contributed by atoms with Crippen LogP contribution < -0.4 is 14.2 Å². The van der Waals surface area contributed by atoms with Gasteiger partial charge in [0, 0.05) is 16.9 Å². The third-order valence-electron chi connectivity index (χ3n) is 5.94. The largest absolute Gasteiger partial charge is 0.493 e. The Kier molecular flexibility index (Phi) is 6.28. The smallest absolute Gasteiger partial charge is 0.161 e. The lowest BCUT2D eigenvalue weighted by atomic mass is 9.99. The summed E-state index contributed by atoms with van der Waals surface area (Å²) in [6.07, 6.45) is 4.46. The van der Waals surface area contributed by atoms with Gasteiger partial charge in [0.1, 0.15) is 10.8 Å². The van der Waals surface area contributed by atoms with Gasteiger partial charge in [0.05, 0.1) is 26.5 Å². The van der Waals surface area contributed by atoms with E-state index in [1.807, 2.05) is 18.2 Å². The van der Waals surface area contributed by atoms with Crippen molar-refractivity contribution in [2.75, 3.05) is 20.8 Å². The molecule has 1 aliphatic rings. The van der Waals surface area contributed by atoms with Gasteiger partial charge in [-0.1, -0.05) is 13.0 Å². The van der Waals surface area contributed by atoms with Crippen molar-refractivity contribution in [1.82, 2.24) is 4.98 Å².